The van der Waals surface area contributed by atoms with Crippen molar-refractivity contribution in [2.75, 3.05) is 0 Å². The van der Waals surface area contributed by atoms with E-state index < -0.39 is 0 Å². The maximum atomic E-state index is 5.23. The molecule has 1 aliphatic carbocycles. The van der Waals surface area contributed by atoms with Crippen LogP contribution < -0.4 is 0 Å². The second kappa shape index (κ2) is 10.1. The molecule has 0 saturated carbocycles. The number of fused-ring (bicyclic) bond motifs is 6. The Hall–Kier alpha value is -5.80. The lowest BCUT2D eigenvalue weighted by Gasteiger charge is -2.20. The molecule has 9 rings (SSSR count). The number of nitrogens with zero attached hydrogens (tertiary/aromatic N) is 3. The van der Waals surface area contributed by atoms with Crippen molar-refractivity contribution in [3.8, 4) is 50.6 Å². The van der Waals surface area contributed by atoms with Crippen molar-refractivity contribution in [1.29, 1.82) is 0 Å². The van der Waals surface area contributed by atoms with Gasteiger partial charge in [-0.15, -0.1) is 0 Å². The number of para-hydroxylation sites is 1. The third-order valence-corrected chi connectivity index (χ3v) is 9.65. The molecule has 1 aliphatic rings. The van der Waals surface area contributed by atoms with Gasteiger partial charge in [-0.3, -0.25) is 4.98 Å². The van der Waals surface area contributed by atoms with E-state index in [4.69, 9.17) is 9.97 Å². The van der Waals surface area contributed by atoms with Crippen LogP contribution >= 0.6 is 0 Å². The SMILES string of the molecule is CC1(C)c2cccnc2-c2nc(-c3cccc(-c4cccc5c4c4cc(-c6ccccc6)ccc4n5-c4ccccc4)c3)ccc21. The summed E-state index contributed by atoms with van der Waals surface area (Å²) in [7, 11) is 0. The van der Waals surface area contributed by atoms with Crippen LogP contribution in [0.15, 0.2) is 152 Å². The third-order valence-electron chi connectivity index (χ3n) is 9.65. The van der Waals surface area contributed by atoms with Crippen LogP contribution in [0, 0.1) is 0 Å². The van der Waals surface area contributed by atoms with Gasteiger partial charge in [-0.25, -0.2) is 4.98 Å². The Labute approximate surface area is 268 Å². The highest BCUT2D eigenvalue weighted by molar-refractivity contribution is 6.16. The van der Waals surface area contributed by atoms with Gasteiger partial charge in [0.25, 0.3) is 0 Å². The van der Waals surface area contributed by atoms with E-state index in [-0.39, 0.29) is 5.41 Å². The summed E-state index contributed by atoms with van der Waals surface area (Å²) in [6, 6.07) is 52.3. The monoisotopic (exact) mass is 589 g/mol. The molecule has 0 saturated heterocycles. The van der Waals surface area contributed by atoms with Crippen molar-refractivity contribution >= 4 is 21.8 Å². The summed E-state index contributed by atoms with van der Waals surface area (Å²) in [4.78, 5) is 9.98. The molecule has 0 N–H and O–H groups in total. The molecule has 0 unspecified atom stereocenters. The fourth-order valence-corrected chi connectivity index (χ4v) is 7.37. The number of rotatable bonds is 4. The van der Waals surface area contributed by atoms with Crippen LogP contribution in [0.2, 0.25) is 0 Å². The van der Waals surface area contributed by atoms with Gasteiger partial charge in [0.1, 0.15) is 0 Å². The minimum Gasteiger partial charge on any atom is -0.309 e. The zero-order chi connectivity index (χ0) is 30.8. The largest absolute Gasteiger partial charge is 0.309 e. The predicted octanol–water partition coefficient (Wildman–Crippen LogP) is 10.9. The molecule has 5 aromatic carbocycles. The van der Waals surface area contributed by atoms with Gasteiger partial charge in [0.2, 0.25) is 0 Å². The van der Waals surface area contributed by atoms with Crippen LogP contribution in [-0.2, 0) is 5.41 Å². The Morgan fingerprint density at radius 2 is 1.26 bits per heavy atom. The number of pyridine rings is 2. The summed E-state index contributed by atoms with van der Waals surface area (Å²) in [5, 5.41) is 2.49. The molecule has 3 nitrogen and oxygen atoms in total. The first-order chi connectivity index (χ1) is 22.6. The van der Waals surface area contributed by atoms with Gasteiger partial charge in [0.05, 0.1) is 28.1 Å². The molecule has 0 fully saturated rings. The maximum absolute atomic E-state index is 5.23. The average molecular weight is 590 g/mol. The van der Waals surface area contributed by atoms with Crippen molar-refractivity contribution in [3.63, 3.8) is 0 Å². The predicted molar refractivity (Wildman–Crippen MR) is 190 cm³/mol. The van der Waals surface area contributed by atoms with E-state index in [0.717, 1.165) is 28.3 Å². The van der Waals surface area contributed by atoms with Crippen LogP contribution in [0.25, 0.3) is 72.4 Å². The Morgan fingerprint density at radius 1 is 0.522 bits per heavy atom. The van der Waals surface area contributed by atoms with Gasteiger partial charge in [-0.1, -0.05) is 111 Å². The molecule has 0 radical (unpaired) electrons. The fourth-order valence-electron chi connectivity index (χ4n) is 7.37. The third kappa shape index (κ3) is 3.98. The molecular formula is C43H31N3. The minimum absolute atomic E-state index is 0.118. The maximum Gasteiger partial charge on any atom is 0.0937 e. The Balaban J connectivity index is 1.25. The molecule has 0 amide bonds. The van der Waals surface area contributed by atoms with Gasteiger partial charge in [-0.05, 0) is 81.9 Å². The summed E-state index contributed by atoms with van der Waals surface area (Å²) < 4.78 is 2.39. The molecule has 0 aliphatic heterocycles. The fraction of sp³-hybridized carbons (Fsp3) is 0.0698. The second-order valence-corrected chi connectivity index (χ2v) is 12.7. The van der Waals surface area contributed by atoms with Crippen molar-refractivity contribution in [2.24, 2.45) is 0 Å². The topological polar surface area (TPSA) is 30.7 Å². The van der Waals surface area contributed by atoms with Crippen LogP contribution in [-0.4, -0.2) is 14.5 Å². The molecule has 3 heterocycles. The molecule has 0 bridgehead atoms. The van der Waals surface area contributed by atoms with E-state index in [1.54, 1.807) is 0 Å². The number of hydrogen-bond acceptors (Lipinski definition) is 2. The lowest BCUT2D eigenvalue weighted by molar-refractivity contribution is 0.658. The Morgan fingerprint density at radius 3 is 2.11 bits per heavy atom. The van der Waals surface area contributed by atoms with Crippen LogP contribution in [0.4, 0.5) is 0 Å². The van der Waals surface area contributed by atoms with E-state index in [1.165, 1.54) is 55.2 Å². The van der Waals surface area contributed by atoms with Gasteiger partial charge in [-0.2, -0.15) is 0 Å². The van der Waals surface area contributed by atoms with Gasteiger partial charge < -0.3 is 4.57 Å². The van der Waals surface area contributed by atoms with Crippen molar-refractivity contribution in [2.45, 2.75) is 19.3 Å². The lowest BCUT2D eigenvalue weighted by atomic mass is 9.83. The molecular weight excluding hydrogens is 558 g/mol. The summed E-state index contributed by atoms with van der Waals surface area (Å²) in [6.07, 6.45) is 1.87. The van der Waals surface area contributed by atoms with E-state index in [2.05, 4.69) is 158 Å². The molecule has 0 spiro atoms. The molecule has 0 atom stereocenters. The Kier molecular flexibility index (Phi) is 5.85. The first-order valence-electron chi connectivity index (χ1n) is 15.8. The first kappa shape index (κ1) is 26.6. The van der Waals surface area contributed by atoms with E-state index in [0.29, 0.717) is 0 Å². The summed E-state index contributed by atoms with van der Waals surface area (Å²) in [6.45, 7) is 4.52. The van der Waals surface area contributed by atoms with Gasteiger partial charge >= 0.3 is 0 Å². The lowest BCUT2D eigenvalue weighted by Crippen LogP contribution is -2.15. The molecule has 3 aromatic heterocycles. The molecule has 218 valence electrons. The van der Waals surface area contributed by atoms with Gasteiger partial charge in [0, 0.05) is 33.6 Å². The zero-order valence-corrected chi connectivity index (χ0v) is 25.8. The van der Waals surface area contributed by atoms with Crippen molar-refractivity contribution in [1.82, 2.24) is 14.5 Å². The summed E-state index contributed by atoms with van der Waals surface area (Å²) >= 11 is 0. The normalized spacial score (nSPS) is 13.2. The Bertz CT molecular complexity index is 2440. The molecule has 8 aromatic rings. The quantitative estimate of drug-likeness (QED) is 0.204. The van der Waals surface area contributed by atoms with Crippen LogP contribution in [0.1, 0.15) is 25.0 Å². The standard InChI is InChI=1S/C43H31N3/c1-43(2)35-19-11-25-44-41(35)42-36(43)22-23-37(45-42)31-15-9-14-30(26-31)33-18-10-20-39-40(33)34-27-29(28-12-5-3-6-13-28)21-24-38(34)46(39)32-16-7-4-8-17-32/h3-27H,1-2H3. The highest BCUT2D eigenvalue weighted by Gasteiger charge is 2.37. The zero-order valence-electron chi connectivity index (χ0n) is 25.8. The van der Waals surface area contributed by atoms with Gasteiger partial charge in [0.15, 0.2) is 0 Å². The smallest absolute Gasteiger partial charge is 0.0937 e. The highest BCUT2D eigenvalue weighted by Crippen LogP contribution is 2.47. The van der Waals surface area contributed by atoms with Crippen molar-refractivity contribution < 1.29 is 0 Å². The highest BCUT2D eigenvalue weighted by atomic mass is 15.0. The molecule has 46 heavy (non-hydrogen) atoms. The summed E-state index contributed by atoms with van der Waals surface area (Å²) in [5.74, 6) is 0. The van der Waals surface area contributed by atoms with E-state index >= 15 is 0 Å². The van der Waals surface area contributed by atoms with Crippen LogP contribution in [0.3, 0.4) is 0 Å². The van der Waals surface area contributed by atoms with Crippen molar-refractivity contribution in [3.05, 3.63) is 163 Å². The summed E-state index contributed by atoms with van der Waals surface area (Å²) in [5.41, 5.74) is 14.7. The average Bonchev–Trinajstić information content (AvgIpc) is 3.57. The second-order valence-electron chi connectivity index (χ2n) is 12.7. The van der Waals surface area contributed by atoms with Crippen LogP contribution in [0.5, 0.6) is 0 Å². The molecule has 3 heteroatoms. The number of hydrogen-bond donors (Lipinski definition) is 0. The number of benzene rings is 5. The minimum atomic E-state index is -0.118. The first-order valence-corrected chi connectivity index (χ1v) is 15.8. The van der Waals surface area contributed by atoms with E-state index in [9.17, 15) is 0 Å². The van der Waals surface area contributed by atoms with E-state index in [1.807, 2.05) is 12.3 Å². The number of aromatic nitrogens is 3.